The van der Waals surface area contributed by atoms with E-state index in [-0.39, 0.29) is 5.41 Å². The molecule has 0 aliphatic carbocycles. The summed E-state index contributed by atoms with van der Waals surface area (Å²) in [5.41, 5.74) is 0.287. The van der Waals surface area contributed by atoms with Crippen molar-refractivity contribution < 1.29 is 9.15 Å². The van der Waals surface area contributed by atoms with E-state index >= 15 is 0 Å². The Kier molecular flexibility index (Phi) is 2.52. The number of nitrogens with zero attached hydrogens (tertiary/aromatic N) is 2. The lowest BCUT2D eigenvalue weighted by molar-refractivity contribution is -0.0993. The summed E-state index contributed by atoms with van der Waals surface area (Å²) in [7, 11) is 0. The maximum atomic E-state index is 5.23. The fraction of sp³-hybridized carbons (Fsp3) is 0.778. The highest BCUT2D eigenvalue weighted by Crippen LogP contribution is 2.25. The molecule has 1 aliphatic rings. The van der Waals surface area contributed by atoms with Crippen LogP contribution in [0.4, 0.5) is 0 Å². The van der Waals surface area contributed by atoms with E-state index < -0.39 is 0 Å². The molecule has 0 saturated carbocycles. The average molecular weight is 197 g/mol. The summed E-state index contributed by atoms with van der Waals surface area (Å²) in [4.78, 5) is 0. The van der Waals surface area contributed by atoms with Crippen molar-refractivity contribution in [2.45, 2.75) is 20.4 Å². The SMILES string of the molecule is Cc1nnc(CNCC2(C)COC2)o1. The van der Waals surface area contributed by atoms with Gasteiger partial charge in [0.1, 0.15) is 0 Å². The van der Waals surface area contributed by atoms with Gasteiger partial charge in [0.2, 0.25) is 11.8 Å². The molecular weight excluding hydrogens is 182 g/mol. The largest absolute Gasteiger partial charge is 0.424 e. The van der Waals surface area contributed by atoms with Crippen LogP contribution in [0, 0.1) is 12.3 Å². The standard InChI is InChI=1S/C9H15N3O2/c1-7-11-12-8(14-7)3-10-4-9(2)5-13-6-9/h10H,3-6H2,1-2H3. The lowest BCUT2D eigenvalue weighted by Crippen LogP contribution is -2.47. The number of ether oxygens (including phenoxy) is 1. The Morgan fingerprint density at radius 1 is 1.43 bits per heavy atom. The van der Waals surface area contributed by atoms with E-state index in [0.717, 1.165) is 19.8 Å². The Hall–Kier alpha value is -0.940. The van der Waals surface area contributed by atoms with Crippen molar-refractivity contribution in [3.05, 3.63) is 11.8 Å². The predicted octanol–water partition coefficient (Wildman–Crippen LogP) is 0.504. The summed E-state index contributed by atoms with van der Waals surface area (Å²) < 4.78 is 10.4. The number of aromatic nitrogens is 2. The summed E-state index contributed by atoms with van der Waals surface area (Å²) in [5, 5.41) is 10.9. The van der Waals surface area contributed by atoms with Crippen molar-refractivity contribution in [1.82, 2.24) is 15.5 Å². The first-order chi connectivity index (χ1) is 6.68. The molecule has 0 radical (unpaired) electrons. The molecule has 1 aliphatic heterocycles. The Labute approximate surface area is 82.8 Å². The van der Waals surface area contributed by atoms with Crippen LogP contribution in [0.2, 0.25) is 0 Å². The Balaban J connectivity index is 1.72. The van der Waals surface area contributed by atoms with Gasteiger partial charge in [-0.25, -0.2) is 0 Å². The van der Waals surface area contributed by atoms with Gasteiger partial charge in [0, 0.05) is 18.9 Å². The summed E-state index contributed by atoms with van der Waals surface area (Å²) >= 11 is 0. The molecule has 0 amide bonds. The van der Waals surface area contributed by atoms with Gasteiger partial charge in [-0.05, 0) is 0 Å². The lowest BCUT2D eigenvalue weighted by atomic mass is 9.89. The van der Waals surface area contributed by atoms with Gasteiger partial charge in [0.15, 0.2) is 0 Å². The molecule has 0 aromatic carbocycles. The highest BCUT2D eigenvalue weighted by Gasteiger charge is 2.32. The topological polar surface area (TPSA) is 60.2 Å². The Bertz CT molecular complexity index is 307. The van der Waals surface area contributed by atoms with E-state index in [1.54, 1.807) is 6.92 Å². The van der Waals surface area contributed by atoms with Crippen molar-refractivity contribution >= 4 is 0 Å². The second kappa shape index (κ2) is 3.67. The fourth-order valence-electron chi connectivity index (χ4n) is 1.43. The summed E-state index contributed by atoms with van der Waals surface area (Å²) in [6.45, 7) is 7.22. The third-order valence-corrected chi connectivity index (χ3v) is 2.30. The van der Waals surface area contributed by atoms with Crippen LogP contribution < -0.4 is 5.32 Å². The zero-order valence-electron chi connectivity index (χ0n) is 8.54. The quantitative estimate of drug-likeness (QED) is 0.761. The molecule has 0 atom stereocenters. The average Bonchev–Trinajstić information content (AvgIpc) is 2.49. The van der Waals surface area contributed by atoms with Crippen molar-refractivity contribution in [1.29, 1.82) is 0 Å². The van der Waals surface area contributed by atoms with Crippen LogP contribution in [-0.2, 0) is 11.3 Å². The third-order valence-electron chi connectivity index (χ3n) is 2.30. The number of rotatable bonds is 4. The van der Waals surface area contributed by atoms with Crippen molar-refractivity contribution in [2.24, 2.45) is 5.41 Å². The van der Waals surface area contributed by atoms with Crippen LogP contribution in [-0.4, -0.2) is 30.0 Å². The molecule has 0 spiro atoms. The van der Waals surface area contributed by atoms with Gasteiger partial charge in [-0.15, -0.1) is 10.2 Å². The van der Waals surface area contributed by atoms with Gasteiger partial charge in [0.05, 0.1) is 19.8 Å². The summed E-state index contributed by atoms with van der Waals surface area (Å²) in [6.07, 6.45) is 0. The minimum atomic E-state index is 0.287. The van der Waals surface area contributed by atoms with Crippen LogP contribution >= 0.6 is 0 Å². The molecule has 0 bridgehead atoms. The van der Waals surface area contributed by atoms with E-state index in [9.17, 15) is 0 Å². The normalized spacial score (nSPS) is 19.3. The molecule has 2 heterocycles. The number of aryl methyl sites for hydroxylation is 1. The van der Waals surface area contributed by atoms with E-state index in [0.29, 0.717) is 18.3 Å². The van der Waals surface area contributed by atoms with Crippen LogP contribution in [0.5, 0.6) is 0 Å². The minimum absolute atomic E-state index is 0.287. The summed E-state index contributed by atoms with van der Waals surface area (Å²) in [6, 6.07) is 0. The number of hydrogen-bond acceptors (Lipinski definition) is 5. The molecule has 0 unspecified atom stereocenters. The molecule has 1 aromatic rings. The van der Waals surface area contributed by atoms with Crippen LogP contribution in [0.25, 0.3) is 0 Å². The van der Waals surface area contributed by atoms with Crippen LogP contribution in [0.15, 0.2) is 4.42 Å². The molecule has 78 valence electrons. The minimum Gasteiger partial charge on any atom is -0.424 e. The van der Waals surface area contributed by atoms with Crippen LogP contribution in [0.1, 0.15) is 18.7 Å². The lowest BCUT2D eigenvalue weighted by Gasteiger charge is -2.38. The maximum absolute atomic E-state index is 5.23. The Morgan fingerprint density at radius 2 is 2.21 bits per heavy atom. The molecule has 1 aromatic heterocycles. The first kappa shape index (κ1) is 9.61. The van der Waals surface area contributed by atoms with E-state index in [2.05, 4.69) is 22.4 Å². The second-order valence-corrected chi connectivity index (χ2v) is 4.12. The molecule has 1 saturated heterocycles. The van der Waals surface area contributed by atoms with Crippen molar-refractivity contribution in [3.63, 3.8) is 0 Å². The van der Waals surface area contributed by atoms with Gasteiger partial charge in [-0.2, -0.15) is 0 Å². The number of nitrogens with one attached hydrogen (secondary N) is 1. The van der Waals surface area contributed by atoms with Crippen molar-refractivity contribution in [3.8, 4) is 0 Å². The fourth-order valence-corrected chi connectivity index (χ4v) is 1.43. The van der Waals surface area contributed by atoms with E-state index in [1.165, 1.54) is 0 Å². The van der Waals surface area contributed by atoms with Gasteiger partial charge in [-0.1, -0.05) is 6.92 Å². The molecule has 2 rings (SSSR count). The monoisotopic (exact) mass is 197 g/mol. The van der Waals surface area contributed by atoms with E-state index in [4.69, 9.17) is 9.15 Å². The van der Waals surface area contributed by atoms with Gasteiger partial charge >= 0.3 is 0 Å². The third kappa shape index (κ3) is 2.10. The van der Waals surface area contributed by atoms with Gasteiger partial charge in [0.25, 0.3) is 0 Å². The number of hydrogen-bond donors (Lipinski definition) is 1. The maximum Gasteiger partial charge on any atom is 0.230 e. The predicted molar refractivity (Wildman–Crippen MR) is 49.7 cm³/mol. The molecule has 1 fully saturated rings. The Morgan fingerprint density at radius 3 is 2.71 bits per heavy atom. The van der Waals surface area contributed by atoms with Crippen LogP contribution in [0.3, 0.4) is 0 Å². The van der Waals surface area contributed by atoms with Gasteiger partial charge in [-0.3, -0.25) is 0 Å². The van der Waals surface area contributed by atoms with E-state index in [1.807, 2.05) is 0 Å². The smallest absolute Gasteiger partial charge is 0.230 e. The molecular formula is C9H15N3O2. The second-order valence-electron chi connectivity index (χ2n) is 4.12. The summed E-state index contributed by atoms with van der Waals surface area (Å²) in [5.74, 6) is 1.26. The molecule has 5 heteroatoms. The highest BCUT2D eigenvalue weighted by atomic mass is 16.5. The van der Waals surface area contributed by atoms with Crippen molar-refractivity contribution in [2.75, 3.05) is 19.8 Å². The zero-order valence-corrected chi connectivity index (χ0v) is 8.54. The van der Waals surface area contributed by atoms with Gasteiger partial charge < -0.3 is 14.5 Å². The molecule has 5 nitrogen and oxygen atoms in total. The zero-order chi connectivity index (χ0) is 10.0. The molecule has 14 heavy (non-hydrogen) atoms. The molecule has 1 N–H and O–H groups in total. The highest BCUT2D eigenvalue weighted by molar-refractivity contribution is 4.84. The first-order valence-corrected chi connectivity index (χ1v) is 4.75. The first-order valence-electron chi connectivity index (χ1n) is 4.75.